The highest BCUT2D eigenvalue weighted by Crippen LogP contribution is 2.29. The van der Waals surface area contributed by atoms with Crippen molar-refractivity contribution in [2.45, 2.75) is 18.1 Å². The van der Waals surface area contributed by atoms with Gasteiger partial charge in [-0.15, -0.1) is 0 Å². The summed E-state index contributed by atoms with van der Waals surface area (Å²) in [7, 11) is 0. The summed E-state index contributed by atoms with van der Waals surface area (Å²) < 4.78 is 0. The number of nitrogens with two attached hydrogens (primary N) is 1. The van der Waals surface area contributed by atoms with Gasteiger partial charge in [0.05, 0.1) is 11.4 Å². The van der Waals surface area contributed by atoms with Gasteiger partial charge in [-0.2, -0.15) is 11.8 Å². The molecule has 0 amide bonds. The van der Waals surface area contributed by atoms with Crippen molar-refractivity contribution >= 4 is 11.8 Å². The summed E-state index contributed by atoms with van der Waals surface area (Å²) >= 11 is 1.87. The van der Waals surface area contributed by atoms with E-state index in [0.717, 1.165) is 17.2 Å². The van der Waals surface area contributed by atoms with Gasteiger partial charge in [0.2, 0.25) is 0 Å². The minimum Gasteiger partial charge on any atom is -0.325 e. The summed E-state index contributed by atoms with van der Waals surface area (Å²) in [5, 5.41) is 0. The minimum atomic E-state index is 0.533. The van der Waals surface area contributed by atoms with Crippen molar-refractivity contribution in [1.82, 2.24) is 9.97 Å². The Labute approximate surface area is 69.4 Å². The molecule has 2 rings (SSSR count). The van der Waals surface area contributed by atoms with Crippen molar-refractivity contribution in [3.8, 4) is 0 Å². The Morgan fingerprint density at radius 2 is 2.36 bits per heavy atom. The van der Waals surface area contributed by atoms with Crippen LogP contribution in [-0.4, -0.2) is 9.97 Å². The van der Waals surface area contributed by atoms with Crippen LogP contribution < -0.4 is 5.73 Å². The lowest BCUT2D eigenvalue weighted by atomic mass is 10.2. The Kier molecular flexibility index (Phi) is 1.79. The second-order valence-electron chi connectivity index (χ2n) is 2.44. The standard InChI is InChI=1S/C7H9N3S/c8-1-6-5-2-11-3-7(5)10-4-9-6/h4H,1-3,8H2. The number of aromatic nitrogens is 2. The van der Waals surface area contributed by atoms with Gasteiger partial charge in [0.15, 0.2) is 0 Å². The molecule has 0 unspecified atom stereocenters. The van der Waals surface area contributed by atoms with E-state index in [1.807, 2.05) is 11.8 Å². The number of rotatable bonds is 1. The van der Waals surface area contributed by atoms with Gasteiger partial charge in [0.1, 0.15) is 6.33 Å². The predicted octanol–water partition coefficient (Wildman–Crippen LogP) is 0.682. The summed E-state index contributed by atoms with van der Waals surface area (Å²) in [5.41, 5.74) is 8.97. The minimum absolute atomic E-state index is 0.533. The van der Waals surface area contributed by atoms with Gasteiger partial charge in [0.25, 0.3) is 0 Å². The first-order valence-electron chi connectivity index (χ1n) is 3.51. The van der Waals surface area contributed by atoms with Gasteiger partial charge in [-0.05, 0) is 0 Å². The molecular weight excluding hydrogens is 158 g/mol. The van der Waals surface area contributed by atoms with E-state index >= 15 is 0 Å². The van der Waals surface area contributed by atoms with E-state index in [1.54, 1.807) is 6.33 Å². The van der Waals surface area contributed by atoms with Crippen molar-refractivity contribution in [2.75, 3.05) is 0 Å². The molecule has 0 saturated heterocycles. The average Bonchev–Trinajstić information content (AvgIpc) is 2.50. The number of hydrogen-bond donors (Lipinski definition) is 1. The number of fused-ring (bicyclic) bond motifs is 1. The Morgan fingerprint density at radius 1 is 1.45 bits per heavy atom. The quantitative estimate of drug-likeness (QED) is 0.668. The van der Waals surface area contributed by atoms with Crippen LogP contribution in [0.15, 0.2) is 6.33 Å². The maximum Gasteiger partial charge on any atom is 0.116 e. The van der Waals surface area contributed by atoms with Crippen LogP contribution in [0.1, 0.15) is 17.0 Å². The fourth-order valence-electron chi connectivity index (χ4n) is 1.21. The molecule has 4 heteroatoms. The molecule has 1 aromatic rings. The lowest BCUT2D eigenvalue weighted by molar-refractivity contribution is 0.920. The Balaban J connectivity index is 2.50. The molecule has 0 saturated carbocycles. The SMILES string of the molecule is NCc1ncnc2c1CSC2. The second-order valence-corrected chi connectivity index (χ2v) is 3.43. The third-order valence-electron chi connectivity index (χ3n) is 1.80. The maximum atomic E-state index is 5.52. The van der Waals surface area contributed by atoms with E-state index in [0.29, 0.717) is 6.54 Å². The van der Waals surface area contributed by atoms with Crippen LogP contribution in [0.4, 0.5) is 0 Å². The zero-order chi connectivity index (χ0) is 7.68. The van der Waals surface area contributed by atoms with E-state index in [2.05, 4.69) is 9.97 Å². The van der Waals surface area contributed by atoms with E-state index in [-0.39, 0.29) is 0 Å². The van der Waals surface area contributed by atoms with Crippen molar-refractivity contribution < 1.29 is 0 Å². The monoisotopic (exact) mass is 167 g/mol. The third kappa shape index (κ3) is 1.12. The molecule has 2 N–H and O–H groups in total. The van der Waals surface area contributed by atoms with Gasteiger partial charge in [-0.25, -0.2) is 9.97 Å². The van der Waals surface area contributed by atoms with Crippen molar-refractivity contribution in [3.05, 3.63) is 23.3 Å². The number of thioether (sulfide) groups is 1. The zero-order valence-electron chi connectivity index (χ0n) is 6.08. The van der Waals surface area contributed by atoms with Gasteiger partial charge < -0.3 is 5.73 Å². The Morgan fingerprint density at radius 3 is 3.18 bits per heavy atom. The van der Waals surface area contributed by atoms with E-state index in [4.69, 9.17) is 5.73 Å². The fourth-order valence-corrected chi connectivity index (χ4v) is 2.29. The molecule has 58 valence electrons. The highest BCUT2D eigenvalue weighted by molar-refractivity contribution is 7.98. The maximum absolute atomic E-state index is 5.52. The Bertz CT molecular complexity index is 274. The molecule has 0 atom stereocenters. The smallest absolute Gasteiger partial charge is 0.116 e. The molecular formula is C7H9N3S. The second kappa shape index (κ2) is 2.79. The first-order chi connectivity index (χ1) is 5.42. The molecule has 11 heavy (non-hydrogen) atoms. The zero-order valence-corrected chi connectivity index (χ0v) is 6.90. The number of nitrogens with zero attached hydrogens (tertiary/aromatic N) is 2. The first-order valence-corrected chi connectivity index (χ1v) is 4.66. The van der Waals surface area contributed by atoms with Gasteiger partial charge in [-0.3, -0.25) is 0 Å². The lowest BCUT2D eigenvalue weighted by Crippen LogP contribution is -2.05. The molecule has 1 aliphatic heterocycles. The van der Waals surface area contributed by atoms with Crippen molar-refractivity contribution in [1.29, 1.82) is 0 Å². The van der Waals surface area contributed by atoms with Crippen LogP contribution in [0.25, 0.3) is 0 Å². The topological polar surface area (TPSA) is 51.8 Å². The van der Waals surface area contributed by atoms with Crippen LogP contribution in [0, 0.1) is 0 Å². The highest BCUT2D eigenvalue weighted by atomic mass is 32.2. The van der Waals surface area contributed by atoms with Crippen LogP contribution >= 0.6 is 11.8 Å². The fraction of sp³-hybridized carbons (Fsp3) is 0.429. The van der Waals surface area contributed by atoms with E-state index in [1.165, 1.54) is 11.3 Å². The molecule has 0 spiro atoms. The van der Waals surface area contributed by atoms with E-state index in [9.17, 15) is 0 Å². The lowest BCUT2D eigenvalue weighted by Gasteiger charge is -2.01. The molecule has 0 bridgehead atoms. The molecule has 0 aromatic carbocycles. The van der Waals surface area contributed by atoms with Crippen LogP contribution in [0.3, 0.4) is 0 Å². The van der Waals surface area contributed by atoms with Crippen LogP contribution in [0.5, 0.6) is 0 Å². The normalized spacial score (nSPS) is 15.0. The molecule has 3 nitrogen and oxygen atoms in total. The van der Waals surface area contributed by atoms with E-state index < -0.39 is 0 Å². The summed E-state index contributed by atoms with van der Waals surface area (Å²) in [6, 6.07) is 0. The van der Waals surface area contributed by atoms with Crippen LogP contribution in [-0.2, 0) is 18.1 Å². The van der Waals surface area contributed by atoms with Crippen LogP contribution in [0.2, 0.25) is 0 Å². The summed E-state index contributed by atoms with van der Waals surface area (Å²) in [6.07, 6.45) is 1.60. The van der Waals surface area contributed by atoms with Gasteiger partial charge in [0, 0.05) is 23.6 Å². The molecule has 2 heterocycles. The predicted molar refractivity (Wildman–Crippen MR) is 44.9 cm³/mol. The summed E-state index contributed by atoms with van der Waals surface area (Å²) in [4.78, 5) is 8.30. The molecule has 0 fully saturated rings. The average molecular weight is 167 g/mol. The summed E-state index contributed by atoms with van der Waals surface area (Å²) in [5.74, 6) is 2.05. The number of hydrogen-bond acceptors (Lipinski definition) is 4. The van der Waals surface area contributed by atoms with Gasteiger partial charge >= 0.3 is 0 Å². The van der Waals surface area contributed by atoms with Crippen molar-refractivity contribution in [2.24, 2.45) is 5.73 Å². The largest absolute Gasteiger partial charge is 0.325 e. The van der Waals surface area contributed by atoms with Crippen molar-refractivity contribution in [3.63, 3.8) is 0 Å². The third-order valence-corrected chi connectivity index (χ3v) is 2.77. The highest BCUT2D eigenvalue weighted by Gasteiger charge is 2.15. The molecule has 1 aromatic heterocycles. The molecule has 0 aliphatic carbocycles. The first kappa shape index (κ1) is 7.06. The molecule has 0 radical (unpaired) electrons. The summed E-state index contributed by atoms with van der Waals surface area (Å²) in [6.45, 7) is 0.533. The molecule has 1 aliphatic rings. The van der Waals surface area contributed by atoms with Gasteiger partial charge in [-0.1, -0.05) is 0 Å². The Hall–Kier alpha value is -0.610.